The lowest BCUT2D eigenvalue weighted by atomic mass is 10.1. The molecule has 1 saturated heterocycles. The number of hydrogen-bond donors (Lipinski definition) is 2. The highest BCUT2D eigenvalue weighted by molar-refractivity contribution is 6.04. The van der Waals surface area contributed by atoms with E-state index < -0.39 is 12.3 Å². The molecule has 0 spiro atoms. The number of cyclic esters (lactones) is 1. The zero-order valence-electron chi connectivity index (χ0n) is 19.0. The van der Waals surface area contributed by atoms with Crippen molar-refractivity contribution in [1.82, 2.24) is 9.55 Å². The SMILES string of the molecule is O=C(Nc1nc2cc(N3CCC(C4CC4)OC3=O)ccc2n1CCCO)c1cccc(C(F)F)c1. The van der Waals surface area contributed by atoms with E-state index in [1.807, 2.05) is 6.07 Å². The number of alkyl halides is 2. The molecule has 2 aromatic carbocycles. The van der Waals surface area contributed by atoms with Crippen LogP contribution in [0.5, 0.6) is 0 Å². The van der Waals surface area contributed by atoms with Crippen molar-refractivity contribution in [2.24, 2.45) is 5.92 Å². The average Bonchev–Trinajstić information content (AvgIpc) is 3.65. The normalized spacial score (nSPS) is 18.2. The van der Waals surface area contributed by atoms with Gasteiger partial charge < -0.3 is 14.4 Å². The molecule has 2 amide bonds. The van der Waals surface area contributed by atoms with Crippen molar-refractivity contribution in [1.29, 1.82) is 0 Å². The van der Waals surface area contributed by atoms with Crippen LogP contribution in [0, 0.1) is 5.92 Å². The first-order chi connectivity index (χ1) is 16.9. The van der Waals surface area contributed by atoms with Crippen molar-refractivity contribution in [3.8, 4) is 0 Å². The van der Waals surface area contributed by atoms with E-state index in [0.717, 1.165) is 25.3 Å². The van der Waals surface area contributed by atoms with Gasteiger partial charge in [0, 0.05) is 42.9 Å². The van der Waals surface area contributed by atoms with Gasteiger partial charge in [-0.1, -0.05) is 12.1 Å². The molecule has 2 N–H and O–H groups in total. The fourth-order valence-electron chi connectivity index (χ4n) is 4.46. The van der Waals surface area contributed by atoms with Crippen LogP contribution in [0.4, 0.5) is 25.2 Å². The van der Waals surface area contributed by atoms with Gasteiger partial charge in [0.1, 0.15) is 6.10 Å². The van der Waals surface area contributed by atoms with Gasteiger partial charge in [0.2, 0.25) is 5.95 Å². The smallest absolute Gasteiger partial charge is 0.414 e. The maximum absolute atomic E-state index is 13.1. The monoisotopic (exact) mass is 484 g/mol. The van der Waals surface area contributed by atoms with Crippen LogP contribution in [0.3, 0.4) is 0 Å². The van der Waals surface area contributed by atoms with Gasteiger partial charge in [-0.2, -0.15) is 0 Å². The molecule has 2 fully saturated rings. The summed E-state index contributed by atoms with van der Waals surface area (Å²) >= 11 is 0. The van der Waals surface area contributed by atoms with E-state index in [4.69, 9.17) is 4.74 Å². The summed E-state index contributed by atoms with van der Waals surface area (Å²) in [5, 5.41) is 12.0. The highest BCUT2D eigenvalue weighted by Crippen LogP contribution is 2.38. The number of halogens is 2. The Labute approximate surface area is 200 Å². The molecule has 1 aliphatic heterocycles. The Balaban J connectivity index is 1.41. The molecule has 2 aliphatic rings. The Bertz CT molecular complexity index is 1260. The molecule has 1 aromatic heterocycles. The van der Waals surface area contributed by atoms with Crippen molar-refractivity contribution in [2.45, 2.75) is 44.8 Å². The molecule has 10 heteroatoms. The number of aryl methyl sites for hydroxylation is 1. The van der Waals surface area contributed by atoms with Crippen LogP contribution in [-0.2, 0) is 11.3 Å². The minimum Gasteiger partial charge on any atom is -0.445 e. The maximum atomic E-state index is 13.1. The second kappa shape index (κ2) is 9.61. The molecule has 1 saturated carbocycles. The van der Waals surface area contributed by atoms with Crippen LogP contribution in [0.1, 0.15) is 48.0 Å². The summed E-state index contributed by atoms with van der Waals surface area (Å²) < 4.78 is 33.5. The van der Waals surface area contributed by atoms with Crippen molar-refractivity contribution >= 4 is 34.7 Å². The lowest BCUT2D eigenvalue weighted by molar-refractivity contribution is 0.0716. The summed E-state index contributed by atoms with van der Waals surface area (Å²) in [4.78, 5) is 31.5. The van der Waals surface area contributed by atoms with E-state index in [1.165, 1.54) is 18.2 Å². The van der Waals surface area contributed by atoms with Crippen LogP contribution in [0.15, 0.2) is 42.5 Å². The van der Waals surface area contributed by atoms with Crippen molar-refractivity contribution in [2.75, 3.05) is 23.4 Å². The summed E-state index contributed by atoms with van der Waals surface area (Å²) in [7, 11) is 0. The van der Waals surface area contributed by atoms with E-state index in [9.17, 15) is 23.5 Å². The number of aromatic nitrogens is 2. The van der Waals surface area contributed by atoms with Crippen LogP contribution in [-0.4, -0.2) is 45.9 Å². The number of nitrogens with zero attached hydrogens (tertiary/aromatic N) is 3. The van der Waals surface area contributed by atoms with E-state index >= 15 is 0 Å². The number of fused-ring (bicyclic) bond motifs is 1. The number of nitrogens with one attached hydrogen (secondary N) is 1. The number of aliphatic hydroxyl groups is 1. The topological polar surface area (TPSA) is 96.7 Å². The van der Waals surface area contributed by atoms with Crippen LogP contribution >= 0.6 is 0 Å². The van der Waals surface area contributed by atoms with Gasteiger partial charge in [-0.25, -0.2) is 18.6 Å². The number of hydrogen-bond acceptors (Lipinski definition) is 5. The summed E-state index contributed by atoms with van der Waals surface area (Å²) in [6, 6.07) is 10.6. The molecule has 3 aromatic rings. The third kappa shape index (κ3) is 4.84. The third-order valence-electron chi connectivity index (χ3n) is 6.47. The predicted molar refractivity (Wildman–Crippen MR) is 126 cm³/mol. The van der Waals surface area contributed by atoms with Crippen LogP contribution < -0.4 is 10.2 Å². The summed E-state index contributed by atoms with van der Waals surface area (Å²) in [5.41, 5.74) is 1.75. The fraction of sp³-hybridized carbons (Fsp3) is 0.400. The van der Waals surface area contributed by atoms with Gasteiger partial charge in [-0.05, 0) is 55.5 Å². The molecule has 8 nitrogen and oxygen atoms in total. The Hall–Kier alpha value is -3.53. The largest absolute Gasteiger partial charge is 0.445 e. The molecule has 2 heterocycles. The number of ether oxygens (including phenoxy) is 1. The maximum Gasteiger partial charge on any atom is 0.414 e. The first-order valence-corrected chi connectivity index (χ1v) is 11.7. The zero-order chi connectivity index (χ0) is 24.5. The van der Waals surface area contributed by atoms with E-state index in [1.54, 1.807) is 21.6 Å². The Morgan fingerprint density at radius 2 is 2.03 bits per heavy atom. The lowest BCUT2D eigenvalue weighted by Gasteiger charge is -2.31. The first-order valence-electron chi connectivity index (χ1n) is 11.7. The number of rotatable bonds is 8. The number of imidazole rings is 1. The summed E-state index contributed by atoms with van der Waals surface area (Å²) in [6.07, 6.45) is 0.351. The molecular formula is C25H26F2N4O4. The minimum absolute atomic E-state index is 0.00874. The number of carbonyl (C=O) groups excluding carboxylic acids is 2. The van der Waals surface area contributed by atoms with Crippen molar-refractivity contribution in [3.63, 3.8) is 0 Å². The highest BCUT2D eigenvalue weighted by atomic mass is 19.3. The molecular weight excluding hydrogens is 458 g/mol. The molecule has 184 valence electrons. The Morgan fingerprint density at radius 3 is 2.74 bits per heavy atom. The highest BCUT2D eigenvalue weighted by Gasteiger charge is 2.38. The number of benzene rings is 2. The molecule has 1 unspecified atom stereocenters. The van der Waals surface area contributed by atoms with Crippen molar-refractivity contribution < 1.29 is 28.2 Å². The number of anilines is 2. The van der Waals surface area contributed by atoms with Crippen molar-refractivity contribution in [3.05, 3.63) is 53.6 Å². The average molecular weight is 485 g/mol. The summed E-state index contributed by atoms with van der Waals surface area (Å²) in [5.74, 6) is 0.144. The standard InChI is InChI=1S/C25H26F2N4O4/c26-22(27)16-3-1-4-17(13-16)23(33)29-24-28-19-14-18(7-8-20(19)31(24)10-2-12-32)30-11-9-21(15-5-6-15)35-25(30)34/h1,3-4,7-8,13-15,21-22,32H,2,5-6,9-12H2,(H,28,29,33). The number of carbonyl (C=O) groups is 2. The van der Waals surface area contributed by atoms with Gasteiger partial charge in [0.05, 0.1) is 11.0 Å². The third-order valence-corrected chi connectivity index (χ3v) is 6.47. The van der Waals surface area contributed by atoms with Crippen LogP contribution in [0.2, 0.25) is 0 Å². The lowest BCUT2D eigenvalue weighted by Crippen LogP contribution is -2.42. The number of aliphatic hydroxyl groups excluding tert-OH is 1. The van der Waals surface area contributed by atoms with Gasteiger partial charge in [-0.15, -0.1) is 0 Å². The second-order valence-electron chi connectivity index (χ2n) is 8.92. The second-order valence-corrected chi connectivity index (χ2v) is 8.92. The van der Waals surface area contributed by atoms with Gasteiger partial charge >= 0.3 is 6.09 Å². The van der Waals surface area contributed by atoms with Gasteiger partial charge in [-0.3, -0.25) is 15.0 Å². The zero-order valence-corrected chi connectivity index (χ0v) is 19.0. The first kappa shape index (κ1) is 23.2. The molecule has 0 radical (unpaired) electrons. The number of amides is 2. The van der Waals surface area contributed by atoms with Crippen LogP contribution in [0.25, 0.3) is 11.0 Å². The quantitative estimate of drug-likeness (QED) is 0.482. The molecule has 5 rings (SSSR count). The van der Waals surface area contributed by atoms with Gasteiger partial charge in [0.15, 0.2) is 0 Å². The minimum atomic E-state index is -2.68. The Morgan fingerprint density at radius 1 is 1.20 bits per heavy atom. The fourth-order valence-corrected chi connectivity index (χ4v) is 4.46. The summed E-state index contributed by atoms with van der Waals surface area (Å²) in [6.45, 7) is 0.887. The molecule has 1 atom stereocenters. The van der Waals surface area contributed by atoms with E-state index in [-0.39, 0.29) is 35.9 Å². The predicted octanol–water partition coefficient (Wildman–Crippen LogP) is 4.73. The van der Waals surface area contributed by atoms with E-state index in [2.05, 4.69) is 10.3 Å². The molecule has 35 heavy (non-hydrogen) atoms. The van der Waals surface area contributed by atoms with Gasteiger partial charge in [0.25, 0.3) is 12.3 Å². The molecule has 1 aliphatic carbocycles. The van der Waals surface area contributed by atoms with E-state index in [0.29, 0.717) is 42.1 Å². The Kier molecular flexibility index (Phi) is 6.38. The molecule has 0 bridgehead atoms.